The van der Waals surface area contributed by atoms with Crippen molar-refractivity contribution in [1.29, 1.82) is 0 Å². The lowest BCUT2D eigenvalue weighted by molar-refractivity contribution is -0.138. The van der Waals surface area contributed by atoms with Crippen LogP contribution in [0.2, 0.25) is 0 Å². The third-order valence-corrected chi connectivity index (χ3v) is 6.27. The van der Waals surface area contributed by atoms with E-state index in [1.54, 1.807) is 0 Å². The van der Waals surface area contributed by atoms with Crippen molar-refractivity contribution in [2.45, 2.75) is 49.7 Å². The molecule has 1 aromatic carbocycles. The Morgan fingerprint density at radius 3 is 2.47 bits per heavy atom. The fourth-order valence-corrected chi connectivity index (χ4v) is 4.66. The molecule has 0 aromatic heterocycles. The summed E-state index contributed by atoms with van der Waals surface area (Å²) in [5, 5.41) is 22.6. The maximum Gasteiger partial charge on any atom is 0.248 e. The molecule has 1 heterocycles. The van der Waals surface area contributed by atoms with E-state index < -0.39 is 22.8 Å². The maximum absolute atomic E-state index is 14.0. The number of β-amino-alcohol motifs (C(OH)–C–C–N with tert-alkyl or cyclic N) is 2. The van der Waals surface area contributed by atoms with Gasteiger partial charge in [-0.2, -0.15) is 4.39 Å². The number of halogens is 2. The molecule has 1 aliphatic carbocycles. The highest BCUT2D eigenvalue weighted by molar-refractivity contribution is 5.77. The minimum absolute atomic E-state index is 0.0406. The molecule has 9 heteroatoms. The number of aliphatic hydroxyl groups is 2. The summed E-state index contributed by atoms with van der Waals surface area (Å²) in [4.78, 5) is 15.9. The quantitative estimate of drug-likeness (QED) is 0.611. The van der Waals surface area contributed by atoms with Gasteiger partial charge in [-0.05, 0) is 25.0 Å². The third-order valence-electron chi connectivity index (χ3n) is 6.27. The van der Waals surface area contributed by atoms with Crippen LogP contribution in [0.4, 0.5) is 8.78 Å². The average molecular weight is 457 g/mol. The fraction of sp³-hybridized carbons (Fsp3) is 0.696. The van der Waals surface area contributed by atoms with Crippen LogP contribution in [0.1, 0.15) is 38.5 Å². The van der Waals surface area contributed by atoms with Crippen molar-refractivity contribution >= 4 is 5.91 Å². The zero-order valence-electron chi connectivity index (χ0n) is 18.7. The van der Waals surface area contributed by atoms with E-state index in [-0.39, 0.29) is 38.0 Å². The van der Waals surface area contributed by atoms with Crippen molar-refractivity contribution in [3.63, 3.8) is 0 Å². The number of ether oxygens (including phenoxy) is 2. The van der Waals surface area contributed by atoms with Gasteiger partial charge in [0.1, 0.15) is 18.8 Å². The molecule has 0 spiro atoms. The summed E-state index contributed by atoms with van der Waals surface area (Å²) in [7, 11) is 1.42. The Labute approximate surface area is 187 Å². The van der Waals surface area contributed by atoms with Gasteiger partial charge in [0, 0.05) is 33.3 Å². The summed E-state index contributed by atoms with van der Waals surface area (Å²) in [6.45, 7) is 0.821. The normalized spacial score (nSPS) is 24.6. The summed E-state index contributed by atoms with van der Waals surface area (Å²) in [6, 6.07) is 3.61. The number of benzene rings is 1. The number of rotatable bonds is 7. The van der Waals surface area contributed by atoms with Gasteiger partial charge in [-0.3, -0.25) is 9.69 Å². The first kappa shape index (κ1) is 24.8. The molecule has 1 aromatic rings. The first-order valence-corrected chi connectivity index (χ1v) is 11.2. The molecule has 180 valence electrons. The monoisotopic (exact) mass is 456 g/mol. The largest absolute Gasteiger partial charge is 0.487 e. The number of hydrogen-bond acceptors (Lipinski definition) is 6. The molecule has 32 heavy (non-hydrogen) atoms. The van der Waals surface area contributed by atoms with Crippen molar-refractivity contribution in [3.8, 4) is 5.75 Å². The van der Waals surface area contributed by atoms with Crippen LogP contribution in [0.5, 0.6) is 5.75 Å². The molecule has 1 atom stereocenters. The predicted molar refractivity (Wildman–Crippen MR) is 114 cm³/mol. The molecule has 2 fully saturated rings. The Balaban J connectivity index is 1.76. The van der Waals surface area contributed by atoms with Crippen molar-refractivity contribution in [3.05, 3.63) is 29.8 Å². The van der Waals surface area contributed by atoms with Crippen molar-refractivity contribution < 1.29 is 33.3 Å². The first-order chi connectivity index (χ1) is 15.2. The summed E-state index contributed by atoms with van der Waals surface area (Å²) in [6.07, 6.45) is 5.49. The van der Waals surface area contributed by atoms with Crippen LogP contribution in [0, 0.1) is 11.6 Å². The molecule has 2 aliphatic rings. The van der Waals surface area contributed by atoms with Crippen LogP contribution in [-0.2, 0) is 9.53 Å². The van der Waals surface area contributed by atoms with Gasteiger partial charge in [-0.25, -0.2) is 4.39 Å². The zero-order chi connectivity index (χ0) is 23.2. The van der Waals surface area contributed by atoms with Crippen LogP contribution in [0.3, 0.4) is 0 Å². The van der Waals surface area contributed by atoms with E-state index >= 15 is 0 Å². The summed E-state index contributed by atoms with van der Waals surface area (Å²) < 4.78 is 38.0. The Kier molecular flexibility index (Phi) is 8.43. The van der Waals surface area contributed by atoms with Gasteiger partial charge in [0.25, 0.3) is 0 Å². The Bertz CT molecular complexity index is 773. The first-order valence-electron chi connectivity index (χ1n) is 11.2. The lowest BCUT2D eigenvalue weighted by Gasteiger charge is -2.36. The number of methoxy groups -OCH3 is 1. The van der Waals surface area contributed by atoms with E-state index in [1.165, 1.54) is 24.1 Å². The average Bonchev–Trinajstić information content (AvgIpc) is 3.05. The molecule has 1 aliphatic heterocycles. The van der Waals surface area contributed by atoms with Crippen LogP contribution in [-0.4, -0.2) is 90.2 Å². The second-order valence-electron chi connectivity index (χ2n) is 9.16. The lowest BCUT2D eigenvalue weighted by Crippen LogP contribution is -2.54. The minimum atomic E-state index is -1.54. The van der Waals surface area contributed by atoms with Gasteiger partial charge in [0.05, 0.1) is 12.1 Å². The molecule has 7 nitrogen and oxygen atoms in total. The zero-order valence-corrected chi connectivity index (χ0v) is 18.7. The summed E-state index contributed by atoms with van der Waals surface area (Å²) >= 11 is 0. The van der Waals surface area contributed by atoms with E-state index in [9.17, 15) is 23.8 Å². The number of hydrogen-bond donors (Lipinski definition) is 2. The van der Waals surface area contributed by atoms with E-state index in [4.69, 9.17) is 9.47 Å². The summed E-state index contributed by atoms with van der Waals surface area (Å²) in [5.74, 6) is -2.74. The topological polar surface area (TPSA) is 82.5 Å². The second-order valence-corrected chi connectivity index (χ2v) is 9.16. The van der Waals surface area contributed by atoms with E-state index in [0.29, 0.717) is 32.5 Å². The van der Waals surface area contributed by atoms with Crippen LogP contribution < -0.4 is 4.74 Å². The molecule has 0 bridgehead atoms. The Hall–Kier alpha value is -1.81. The highest BCUT2D eigenvalue weighted by Crippen LogP contribution is 2.29. The number of carbonyl (C=O) groups is 1. The van der Waals surface area contributed by atoms with Gasteiger partial charge in [-0.15, -0.1) is 0 Å². The van der Waals surface area contributed by atoms with E-state index in [2.05, 4.69) is 0 Å². The highest BCUT2D eigenvalue weighted by Gasteiger charge is 2.40. The smallest absolute Gasteiger partial charge is 0.248 e. The number of carbonyl (C=O) groups excluding carboxylic acids is 1. The van der Waals surface area contributed by atoms with Gasteiger partial charge in [0.15, 0.2) is 11.6 Å². The van der Waals surface area contributed by atoms with Gasteiger partial charge in [-0.1, -0.05) is 31.7 Å². The van der Waals surface area contributed by atoms with Gasteiger partial charge < -0.3 is 24.6 Å². The number of nitrogens with zero attached hydrogens (tertiary/aromatic N) is 2. The molecular formula is C23H34F2N2O5. The predicted octanol–water partition coefficient (Wildman–Crippen LogP) is 1.95. The highest BCUT2D eigenvalue weighted by atomic mass is 19.2. The fourth-order valence-electron chi connectivity index (χ4n) is 4.66. The molecule has 0 unspecified atom stereocenters. The van der Waals surface area contributed by atoms with Crippen LogP contribution in [0.15, 0.2) is 18.2 Å². The van der Waals surface area contributed by atoms with E-state index in [0.717, 1.165) is 31.7 Å². The molecule has 1 saturated heterocycles. The molecular weight excluding hydrogens is 422 g/mol. The molecule has 0 radical (unpaired) electrons. The minimum Gasteiger partial charge on any atom is -0.487 e. The van der Waals surface area contributed by atoms with Crippen molar-refractivity contribution in [1.82, 2.24) is 9.80 Å². The van der Waals surface area contributed by atoms with E-state index in [1.807, 2.05) is 4.90 Å². The SMILES string of the molecule is COCC(=O)N1CCN(CC2(O)CCCCCC2)C[C@](O)(COc2cccc(F)c2F)C1. The van der Waals surface area contributed by atoms with Crippen molar-refractivity contribution in [2.24, 2.45) is 0 Å². The van der Waals surface area contributed by atoms with Crippen molar-refractivity contribution in [2.75, 3.05) is 53.0 Å². The molecule has 1 amide bonds. The summed E-state index contributed by atoms with van der Waals surface area (Å²) in [5.41, 5.74) is -2.39. The maximum atomic E-state index is 14.0. The van der Waals surface area contributed by atoms with Crippen LogP contribution in [0.25, 0.3) is 0 Å². The second kappa shape index (κ2) is 10.9. The molecule has 1 saturated carbocycles. The van der Waals surface area contributed by atoms with Gasteiger partial charge in [0.2, 0.25) is 11.7 Å². The standard InChI is InChI=1S/C23H34F2N2O5/c1-31-13-20(28)27-12-11-26(14-22(29)9-4-2-3-5-10-22)15-23(30,16-27)17-32-19-8-6-7-18(24)21(19)25/h6-8,29-30H,2-5,9-17H2,1H3/t23-/m1/s1. The van der Waals surface area contributed by atoms with Gasteiger partial charge >= 0.3 is 0 Å². The molecule has 3 rings (SSSR count). The third kappa shape index (κ3) is 6.60. The Morgan fingerprint density at radius 2 is 1.78 bits per heavy atom. The molecule has 2 N–H and O–H groups in total. The van der Waals surface area contributed by atoms with Crippen LogP contribution >= 0.6 is 0 Å². The number of amides is 1. The lowest BCUT2D eigenvalue weighted by atomic mass is 9.93. The Morgan fingerprint density at radius 1 is 1.06 bits per heavy atom.